The molecule has 1 aromatic rings. The van der Waals surface area contributed by atoms with Crippen LogP contribution in [0.15, 0.2) is 18.2 Å². The molecule has 3 nitrogen and oxygen atoms in total. The Kier molecular flexibility index (Phi) is 2.68. The third-order valence-corrected chi connectivity index (χ3v) is 1.95. The second kappa shape index (κ2) is 3.58. The smallest absolute Gasteiger partial charge is 0.337 e. The fraction of sp³-hybridized carbons (Fsp3) is 0.300. The molecular formula is C10H12O3. The van der Waals surface area contributed by atoms with Gasteiger partial charge < -0.3 is 10.2 Å². The van der Waals surface area contributed by atoms with Gasteiger partial charge in [-0.25, -0.2) is 4.79 Å². The van der Waals surface area contributed by atoms with Gasteiger partial charge in [0.2, 0.25) is 0 Å². The van der Waals surface area contributed by atoms with Gasteiger partial charge in [0, 0.05) is 0 Å². The quantitative estimate of drug-likeness (QED) is 0.723. The van der Waals surface area contributed by atoms with Crippen LogP contribution in [0.4, 0.5) is 0 Å². The Labute approximate surface area is 76.6 Å². The zero-order valence-electron chi connectivity index (χ0n) is 7.61. The van der Waals surface area contributed by atoms with Gasteiger partial charge in [0.1, 0.15) is 0 Å². The Morgan fingerprint density at radius 2 is 2.00 bits per heavy atom. The maximum atomic E-state index is 10.5. The minimum absolute atomic E-state index is 0.457. The van der Waals surface area contributed by atoms with E-state index in [1.165, 1.54) is 0 Å². The van der Waals surface area contributed by atoms with Crippen molar-refractivity contribution in [1.29, 1.82) is 0 Å². The summed E-state index contributed by atoms with van der Waals surface area (Å²) in [6.45, 7) is 3.71. The third-order valence-electron chi connectivity index (χ3n) is 1.95. The van der Waals surface area contributed by atoms with Crippen molar-refractivity contribution in [3.63, 3.8) is 0 Å². The molecule has 0 heterocycles. The van der Waals surface area contributed by atoms with Gasteiger partial charge in [0.25, 0.3) is 0 Å². The number of aliphatic hydroxyl groups is 1. The van der Waals surface area contributed by atoms with Crippen molar-refractivity contribution in [2.45, 2.75) is 20.0 Å². The van der Waals surface area contributed by atoms with Crippen molar-refractivity contribution in [2.24, 2.45) is 0 Å². The molecule has 2 N–H and O–H groups in total. The van der Waals surface area contributed by atoms with E-state index in [9.17, 15) is 9.90 Å². The number of rotatable bonds is 2. The molecule has 1 atom stereocenters. The van der Waals surface area contributed by atoms with Crippen LogP contribution in [0, 0.1) is 13.8 Å². The van der Waals surface area contributed by atoms with E-state index in [2.05, 4.69) is 0 Å². The highest BCUT2D eigenvalue weighted by Gasteiger charge is 2.17. The second-order valence-electron chi connectivity index (χ2n) is 3.10. The molecular weight excluding hydrogens is 168 g/mol. The summed E-state index contributed by atoms with van der Waals surface area (Å²) in [5.41, 5.74) is 2.31. The van der Waals surface area contributed by atoms with Gasteiger partial charge in [-0.15, -0.1) is 0 Å². The van der Waals surface area contributed by atoms with Crippen LogP contribution >= 0.6 is 0 Å². The highest BCUT2D eigenvalue weighted by atomic mass is 16.4. The molecule has 0 aliphatic heterocycles. The number of aryl methyl sites for hydroxylation is 2. The van der Waals surface area contributed by atoms with Crippen molar-refractivity contribution in [2.75, 3.05) is 0 Å². The zero-order chi connectivity index (χ0) is 10.0. The topological polar surface area (TPSA) is 57.5 Å². The van der Waals surface area contributed by atoms with Crippen LogP contribution in [0.3, 0.4) is 0 Å². The van der Waals surface area contributed by atoms with Crippen molar-refractivity contribution >= 4 is 5.97 Å². The summed E-state index contributed by atoms with van der Waals surface area (Å²) in [4.78, 5) is 10.5. The first-order valence-corrected chi connectivity index (χ1v) is 4.00. The molecule has 1 rings (SSSR count). The first-order chi connectivity index (χ1) is 6.02. The summed E-state index contributed by atoms with van der Waals surface area (Å²) in [6, 6.07) is 5.28. The highest BCUT2D eigenvalue weighted by Crippen LogP contribution is 2.18. The molecule has 13 heavy (non-hydrogen) atoms. The summed E-state index contributed by atoms with van der Waals surface area (Å²) in [5.74, 6) is -1.22. The number of hydrogen-bond donors (Lipinski definition) is 2. The lowest BCUT2D eigenvalue weighted by Gasteiger charge is -2.09. The highest BCUT2D eigenvalue weighted by molar-refractivity contribution is 5.74. The van der Waals surface area contributed by atoms with Gasteiger partial charge in [0.05, 0.1) is 0 Å². The average Bonchev–Trinajstić information content (AvgIpc) is 2.03. The normalized spacial score (nSPS) is 12.5. The number of carboxylic acids is 1. The van der Waals surface area contributed by atoms with Crippen LogP contribution in [0.2, 0.25) is 0 Å². The molecule has 0 fully saturated rings. The average molecular weight is 180 g/mol. The number of aliphatic carboxylic acids is 1. The Morgan fingerprint density at radius 1 is 1.38 bits per heavy atom. The Hall–Kier alpha value is -1.35. The van der Waals surface area contributed by atoms with Crippen molar-refractivity contribution in [3.8, 4) is 0 Å². The summed E-state index contributed by atoms with van der Waals surface area (Å²) < 4.78 is 0. The van der Waals surface area contributed by atoms with Crippen molar-refractivity contribution < 1.29 is 15.0 Å². The Morgan fingerprint density at radius 3 is 2.46 bits per heavy atom. The first kappa shape index (κ1) is 9.74. The fourth-order valence-electron chi connectivity index (χ4n) is 1.27. The lowest BCUT2D eigenvalue weighted by Crippen LogP contribution is -2.11. The van der Waals surface area contributed by atoms with Gasteiger partial charge in [0.15, 0.2) is 6.10 Å². The van der Waals surface area contributed by atoms with E-state index in [4.69, 9.17) is 5.11 Å². The van der Waals surface area contributed by atoms with Gasteiger partial charge in [-0.2, -0.15) is 0 Å². The second-order valence-corrected chi connectivity index (χ2v) is 3.10. The summed E-state index contributed by atoms with van der Waals surface area (Å²) in [6.07, 6.45) is -1.42. The molecule has 0 radical (unpaired) electrons. The molecule has 3 heteroatoms. The molecule has 1 unspecified atom stereocenters. The third kappa shape index (κ3) is 2.06. The van der Waals surface area contributed by atoms with Crippen molar-refractivity contribution in [3.05, 3.63) is 34.9 Å². The SMILES string of the molecule is Cc1ccc(C(O)C(=O)O)c(C)c1. The summed E-state index contributed by atoms with van der Waals surface area (Å²) in [7, 11) is 0. The Bertz CT molecular complexity index is 331. The lowest BCUT2D eigenvalue weighted by molar-refractivity contribution is -0.147. The minimum Gasteiger partial charge on any atom is -0.479 e. The van der Waals surface area contributed by atoms with Crippen LogP contribution in [-0.2, 0) is 4.79 Å². The van der Waals surface area contributed by atoms with Crippen LogP contribution in [-0.4, -0.2) is 16.2 Å². The monoisotopic (exact) mass is 180 g/mol. The first-order valence-electron chi connectivity index (χ1n) is 4.00. The number of benzene rings is 1. The van der Waals surface area contributed by atoms with Gasteiger partial charge >= 0.3 is 5.97 Å². The molecule has 1 aromatic carbocycles. The number of carboxylic acid groups (broad SMARTS) is 1. The molecule has 0 aromatic heterocycles. The molecule has 70 valence electrons. The van der Waals surface area contributed by atoms with E-state index in [1.54, 1.807) is 19.1 Å². The minimum atomic E-state index is -1.42. The fourth-order valence-corrected chi connectivity index (χ4v) is 1.27. The number of carbonyl (C=O) groups is 1. The molecule has 0 bridgehead atoms. The zero-order valence-corrected chi connectivity index (χ0v) is 7.61. The maximum absolute atomic E-state index is 10.5. The molecule has 0 saturated heterocycles. The largest absolute Gasteiger partial charge is 0.479 e. The molecule has 0 spiro atoms. The number of hydrogen-bond acceptors (Lipinski definition) is 2. The van der Waals surface area contributed by atoms with Crippen LogP contribution < -0.4 is 0 Å². The molecule has 0 aliphatic carbocycles. The van der Waals surface area contributed by atoms with E-state index in [0.717, 1.165) is 11.1 Å². The lowest BCUT2D eigenvalue weighted by atomic mass is 10.0. The summed E-state index contributed by atoms with van der Waals surface area (Å²) >= 11 is 0. The van der Waals surface area contributed by atoms with E-state index >= 15 is 0 Å². The van der Waals surface area contributed by atoms with Gasteiger partial charge in [-0.1, -0.05) is 23.8 Å². The van der Waals surface area contributed by atoms with E-state index in [0.29, 0.717) is 5.56 Å². The van der Waals surface area contributed by atoms with Crippen LogP contribution in [0.25, 0.3) is 0 Å². The Balaban J connectivity index is 3.08. The molecule has 0 amide bonds. The van der Waals surface area contributed by atoms with Crippen LogP contribution in [0.1, 0.15) is 22.8 Å². The van der Waals surface area contributed by atoms with Crippen molar-refractivity contribution in [1.82, 2.24) is 0 Å². The maximum Gasteiger partial charge on any atom is 0.337 e. The van der Waals surface area contributed by atoms with E-state index in [-0.39, 0.29) is 0 Å². The van der Waals surface area contributed by atoms with E-state index in [1.807, 2.05) is 13.0 Å². The van der Waals surface area contributed by atoms with Crippen LogP contribution in [0.5, 0.6) is 0 Å². The molecule has 0 aliphatic rings. The molecule has 0 saturated carbocycles. The summed E-state index contributed by atoms with van der Waals surface area (Å²) in [5, 5.41) is 17.8. The van der Waals surface area contributed by atoms with Gasteiger partial charge in [-0.3, -0.25) is 0 Å². The predicted molar refractivity (Wildman–Crippen MR) is 48.5 cm³/mol. The van der Waals surface area contributed by atoms with Gasteiger partial charge in [-0.05, 0) is 25.0 Å². The van der Waals surface area contributed by atoms with E-state index < -0.39 is 12.1 Å². The standard InChI is InChI=1S/C10H12O3/c1-6-3-4-8(7(2)5-6)9(11)10(12)13/h3-5,9,11H,1-2H3,(H,12,13). The predicted octanol–water partition coefficient (Wildman–Crippen LogP) is 1.42. The number of aliphatic hydroxyl groups excluding tert-OH is 1.